The number of thiophene rings is 1. The van der Waals surface area contributed by atoms with E-state index in [0.29, 0.717) is 5.88 Å². The third-order valence-electron chi connectivity index (χ3n) is 1.66. The number of fused-ring (bicyclic) bond motifs is 1. The van der Waals surface area contributed by atoms with Crippen molar-refractivity contribution in [1.82, 2.24) is 0 Å². The molecule has 12 heavy (non-hydrogen) atoms. The van der Waals surface area contributed by atoms with Crippen LogP contribution in [0.1, 0.15) is 4.88 Å². The van der Waals surface area contributed by atoms with Gasteiger partial charge in [-0.3, -0.25) is 0 Å². The Kier molecular flexibility index (Phi) is 2.40. The second-order valence-corrected chi connectivity index (χ2v) is 4.88. The van der Waals surface area contributed by atoms with Crippen LogP contribution in [0.5, 0.6) is 0 Å². The first-order valence-corrected chi connectivity index (χ1v) is 5.68. The van der Waals surface area contributed by atoms with E-state index in [1.807, 2.05) is 0 Å². The number of hydrogen-bond acceptors (Lipinski definition) is 1. The molecule has 0 atom stereocenters. The van der Waals surface area contributed by atoms with Gasteiger partial charge in [0.1, 0.15) is 0 Å². The maximum Gasteiger partial charge on any atom is 0.0568 e. The molecule has 2 aromatic rings. The predicted molar refractivity (Wildman–Crippen MR) is 59.1 cm³/mol. The molecule has 1 aromatic carbocycles. The number of benzene rings is 1. The summed E-state index contributed by atoms with van der Waals surface area (Å²) in [5.41, 5.74) is 0. The molecule has 62 valence electrons. The minimum atomic E-state index is 0.608. The molecule has 1 heterocycles. The van der Waals surface area contributed by atoms with Crippen LogP contribution in [0.15, 0.2) is 28.7 Å². The highest BCUT2D eigenvalue weighted by Gasteiger charge is 2.00. The molecule has 0 radical (unpaired) electrons. The molecule has 2 rings (SSSR count). The van der Waals surface area contributed by atoms with Crippen molar-refractivity contribution in [2.24, 2.45) is 0 Å². The van der Waals surface area contributed by atoms with Crippen LogP contribution >= 0.6 is 38.9 Å². The van der Waals surface area contributed by atoms with E-state index >= 15 is 0 Å². The van der Waals surface area contributed by atoms with Gasteiger partial charge in [-0.1, -0.05) is 15.9 Å². The Bertz CT molecular complexity index is 408. The van der Waals surface area contributed by atoms with Gasteiger partial charge in [-0.05, 0) is 29.7 Å². The highest BCUT2D eigenvalue weighted by molar-refractivity contribution is 9.10. The van der Waals surface area contributed by atoms with E-state index in [9.17, 15) is 0 Å². The van der Waals surface area contributed by atoms with Crippen molar-refractivity contribution in [2.45, 2.75) is 5.88 Å². The summed E-state index contributed by atoms with van der Waals surface area (Å²) in [5, 5.41) is 1.27. The highest BCUT2D eigenvalue weighted by atomic mass is 79.9. The van der Waals surface area contributed by atoms with Crippen molar-refractivity contribution in [2.75, 3.05) is 0 Å². The van der Waals surface area contributed by atoms with Crippen molar-refractivity contribution >= 4 is 49.0 Å². The van der Waals surface area contributed by atoms with E-state index in [1.54, 1.807) is 11.3 Å². The summed E-state index contributed by atoms with van der Waals surface area (Å²) in [6.45, 7) is 0. The molecule has 0 aliphatic carbocycles. The summed E-state index contributed by atoms with van der Waals surface area (Å²) < 4.78 is 2.42. The maximum atomic E-state index is 5.74. The van der Waals surface area contributed by atoms with E-state index < -0.39 is 0 Å². The van der Waals surface area contributed by atoms with Crippen LogP contribution in [0.25, 0.3) is 10.1 Å². The third-order valence-corrected chi connectivity index (χ3v) is 3.72. The molecule has 0 N–H and O–H groups in total. The van der Waals surface area contributed by atoms with Gasteiger partial charge in [0.05, 0.1) is 5.88 Å². The Labute approximate surface area is 88.3 Å². The summed E-state index contributed by atoms with van der Waals surface area (Å²) >= 11 is 10.9. The number of hydrogen-bond donors (Lipinski definition) is 0. The second kappa shape index (κ2) is 3.36. The number of alkyl halides is 1. The Hall–Kier alpha value is -0.0500. The van der Waals surface area contributed by atoms with Crippen LogP contribution in [-0.4, -0.2) is 0 Å². The van der Waals surface area contributed by atoms with Crippen molar-refractivity contribution in [3.63, 3.8) is 0 Å². The molecule has 0 saturated carbocycles. The molecule has 0 unspecified atom stereocenters. The van der Waals surface area contributed by atoms with E-state index in [2.05, 4.69) is 40.2 Å². The van der Waals surface area contributed by atoms with Crippen molar-refractivity contribution in [1.29, 1.82) is 0 Å². The molecule has 0 aliphatic heterocycles. The van der Waals surface area contributed by atoms with Crippen LogP contribution in [0, 0.1) is 0 Å². The average Bonchev–Trinajstić information content (AvgIpc) is 2.46. The summed E-state index contributed by atoms with van der Waals surface area (Å²) in [7, 11) is 0. The Balaban J connectivity index is 2.67. The average molecular weight is 262 g/mol. The van der Waals surface area contributed by atoms with Crippen molar-refractivity contribution < 1.29 is 0 Å². The fourth-order valence-electron chi connectivity index (χ4n) is 1.14. The van der Waals surface area contributed by atoms with Crippen molar-refractivity contribution in [3.8, 4) is 0 Å². The first kappa shape index (κ1) is 8.54. The van der Waals surface area contributed by atoms with E-state index in [0.717, 1.165) is 4.47 Å². The third kappa shape index (κ3) is 1.51. The van der Waals surface area contributed by atoms with Gasteiger partial charge in [-0.2, -0.15) is 0 Å². The van der Waals surface area contributed by atoms with Gasteiger partial charge >= 0.3 is 0 Å². The Morgan fingerprint density at radius 3 is 2.92 bits per heavy atom. The molecule has 0 spiro atoms. The number of rotatable bonds is 1. The van der Waals surface area contributed by atoms with Gasteiger partial charge in [0, 0.05) is 14.0 Å². The minimum absolute atomic E-state index is 0.608. The first-order chi connectivity index (χ1) is 5.79. The fraction of sp³-hybridized carbons (Fsp3) is 0.111. The lowest BCUT2D eigenvalue weighted by Crippen LogP contribution is -1.63. The lowest BCUT2D eigenvalue weighted by molar-refractivity contribution is 1.54. The van der Waals surface area contributed by atoms with Crippen molar-refractivity contribution in [3.05, 3.63) is 33.6 Å². The zero-order valence-corrected chi connectivity index (χ0v) is 9.34. The van der Waals surface area contributed by atoms with Gasteiger partial charge < -0.3 is 0 Å². The lowest BCUT2D eigenvalue weighted by Gasteiger charge is -1.88. The molecule has 3 heteroatoms. The highest BCUT2D eigenvalue weighted by Crippen LogP contribution is 2.28. The molecule has 0 aliphatic rings. The summed E-state index contributed by atoms with van der Waals surface area (Å²) in [6, 6.07) is 8.41. The standard InChI is InChI=1S/C9H6BrClS/c10-7-1-2-9-6(3-7)4-8(5-11)12-9/h1-4H,5H2. The summed E-state index contributed by atoms with van der Waals surface area (Å²) in [4.78, 5) is 1.23. The topological polar surface area (TPSA) is 0 Å². The molecular formula is C9H6BrClS. The monoisotopic (exact) mass is 260 g/mol. The van der Waals surface area contributed by atoms with Crippen LogP contribution < -0.4 is 0 Å². The molecule has 0 bridgehead atoms. The normalized spacial score (nSPS) is 10.8. The molecule has 0 saturated heterocycles. The Morgan fingerprint density at radius 1 is 1.33 bits per heavy atom. The van der Waals surface area contributed by atoms with Crippen LogP contribution in [0.3, 0.4) is 0 Å². The zero-order valence-electron chi connectivity index (χ0n) is 6.18. The van der Waals surface area contributed by atoms with Gasteiger partial charge in [0.25, 0.3) is 0 Å². The second-order valence-electron chi connectivity index (χ2n) is 2.53. The van der Waals surface area contributed by atoms with Crippen LogP contribution in [0.4, 0.5) is 0 Å². The minimum Gasteiger partial charge on any atom is -0.139 e. The van der Waals surface area contributed by atoms with Crippen LogP contribution in [0.2, 0.25) is 0 Å². The lowest BCUT2D eigenvalue weighted by atomic mass is 10.2. The molecule has 1 aromatic heterocycles. The first-order valence-electron chi connectivity index (χ1n) is 3.53. The van der Waals surface area contributed by atoms with Gasteiger partial charge in [-0.25, -0.2) is 0 Å². The maximum absolute atomic E-state index is 5.74. The quantitative estimate of drug-likeness (QED) is 0.667. The predicted octanol–water partition coefficient (Wildman–Crippen LogP) is 4.40. The smallest absolute Gasteiger partial charge is 0.0568 e. The van der Waals surface area contributed by atoms with Gasteiger partial charge in [-0.15, -0.1) is 22.9 Å². The molecular weight excluding hydrogens is 256 g/mol. The van der Waals surface area contributed by atoms with E-state index in [4.69, 9.17) is 11.6 Å². The molecule has 0 fully saturated rings. The summed E-state index contributed by atoms with van der Waals surface area (Å²) in [6.07, 6.45) is 0. The van der Waals surface area contributed by atoms with Crippen LogP contribution in [-0.2, 0) is 5.88 Å². The fourth-order valence-corrected chi connectivity index (χ4v) is 2.65. The molecule has 0 amide bonds. The largest absolute Gasteiger partial charge is 0.139 e. The van der Waals surface area contributed by atoms with Gasteiger partial charge in [0.2, 0.25) is 0 Å². The Morgan fingerprint density at radius 2 is 2.17 bits per heavy atom. The number of halogens is 2. The van der Waals surface area contributed by atoms with E-state index in [-0.39, 0.29) is 0 Å². The summed E-state index contributed by atoms with van der Waals surface area (Å²) in [5.74, 6) is 0.608. The van der Waals surface area contributed by atoms with E-state index in [1.165, 1.54) is 15.0 Å². The molecule has 0 nitrogen and oxygen atoms in total. The van der Waals surface area contributed by atoms with Gasteiger partial charge in [0.15, 0.2) is 0 Å². The zero-order chi connectivity index (χ0) is 8.55. The SMILES string of the molecule is ClCc1cc2cc(Br)ccc2s1.